The standard InChI is InChI=1S/C22H42O2/c1-3-4-5-6-7-10-13-16-20-19-21(20)17-14-11-8-9-12-15-18-22(23)24-2/h20-21H,3-19H2,1-2H3. The molecule has 0 spiro atoms. The summed E-state index contributed by atoms with van der Waals surface area (Å²) < 4.78 is 4.66. The summed E-state index contributed by atoms with van der Waals surface area (Å²) in [5, 5.41) is 0. The zero-order valence-corrected chi connectivity index (χ0v) is 16.5. The molecule has 142 valence electrons. The number of hydrogen-bond donors (Lipinski definition) is 0. The molecule has 24 heavy (non-hydrogen) atoms. The lowest BCUT2D eigenvalue weighted by Crippen LogP contribution is -1.99. The lowest BCUT2D eigenvalue weighted by molar-refractivity contribution is -0.140. The maximum Gasteiger partial charge on any atom is 0.305 e. The fourth-order valence-electron chi connectivity index (χ4n) is 3.87. The van der Waals surface area contributed by atoms with Crippen molar-refractivity contribution in [3.05, 3.63) is 0 Å². The normalized spacial score (nSPS) is 19.4. The quantitative estimate of drug-likeness (QED) is 0.210. The number of carbonyl (C=O) groups is 1. The van der Waals surface area contributed by atoms with Crippen LogP contribution in [0.3, 0.4) is 0 Å². The molecule has 2 unspecified atom stereocenters. The fourth-order valence-corrected chi connectivity index (χ4v) is 3.87. The summed E-state index contributed by atoms with van der Waals surface area (Å²) in [6.45, 7) is 2.29. The third-order valence-corrected chi connectivity index (χ3v) is 5.68. The van der Waals surface area contributed by atoms with Gasteiger partial charge in [-0.1, -0.05) is 96.8 Å². The summed E-state index contributed by atoms with van der Waals surface area (Å²) >= 11 is 0. The Labute approximate surface area is 151 Å². The Morgan fingerprint density at radius 3 is 1.71 bits per heavy atom. The van der Waals surface area contributed by atoms with Gasteiger partial charge in [-0.15, -0.1) is 0 Å². The van der Waals surface area contributed by atoms with Crippen molar-refractivity contribution < 1.29 is 9.53 Å². The van der Waals surface area contributed by atoms with Gasteiger partial charge in [0.25, 0.3) is 0 Å². The largest absolute Gasteiger partial charge is 0.469 e. The molecule has 1 aliphatic carbocycles. The SMILES string of the molecule is CCCCCCCCCC1CC1CCCCCCCCC(=O)OC. The van der Waals surface area contributed by atoms with Crippen LogP contribution in [0.5, 0.6) is 0 Å². The van der Waals surface area contributed by atoms with Crippen LogP contribution in [-0.4, -0.2) is 13.1 Å². The summed E-state index contributed by atoms with van der Waals surface area (Å²) in [7, 11) is 1.47. The molecule has 2 nitrogen and oxygen atoms in total. The first kappa shape index (κ1) is 21.5. The minimum atomic E-state index is -0.0595. The topological polar surface area (TPSA) is 26.3 Å². The van der Waals surface area contributed by atoms with Crippen LogP contribution < -0.4 is 0 Å². The van der Waals surface area contributed by atoms with Gasteiger partial charge in [0.05, 0.1) is 7.11 Å². The van der Waals surface area contributed by atoms with Crippen LogP contribution in [-0.2, 0) is 9.53 Å². The van der Waals surface area contributed by atoms with Crippen LogP contribution in [0.4, 0.5) is 0 Å². The molecule has 0 amide bonds. The molecule has 0 saturated heterocycles. The smallest absolute Gasteiger partial charge is 0.305 e. The fraction of sp³-hybridized carbons (Fsp3) is 0.955. The van der Waals surface area contributed by atoms with E-state index in [-0.39, 0.29) is 5.97 Å². The van der Waals surface area contributed by atoms with Gasteiger partial charge in [-0.3, -0.25) is 4.79 Å². The van der Waals surface area contributed by atoms with Gasteiger partial charge in [0.1, 0.15) is 0 Å². The number of unbranched alkanes of at least 4 members (excludes halogenated alkanes) is 11. The Kier molecular flexibility index (Phi) is 13.3. The van der Waals surface area contributed by atoms with E-state index in [1.54, 1.807) is 0 Å². The Morgan fingerprint density at radius 2 is 1.21 bits per heavy atom. The van der Waals surface area contributed by atoms with Crippen molar-refractivity contribution in [2.24, 2.45) is 11.8 Å². The van der Waals surface area contributed by atoms with E-state index in [9.17, 15) is 4.79 Å². The van der Waals surface area contributed by atoms with Gasteiger partial charge in [-0.25, -0.2) is 0 Å². The molecular formula is C22H42O2. The molecule has 1 rings (SSSR count). The molecule has 0 bridgehead atoms. The van der Waals surface area contributed by atoms with Crippen LogP contribution in [0.2, 0.25) is 0 Å². The molecule has 0 aromatic heterocycles. The Balaban J connectivity index is 1.75. The summed E-state index contributed by atoms with van der Waals surface area (Å²) in [4.78, 5) is 11.0. The predicted molar refractivity (Wildman–Crippen MR) is 103 cm³/mol. The average molecular weight is 339 g/mol. The third kappa shape index (κ3) is 11.9. The summed E-state index contributed by atoms with van der Waals surface area (Å²) in [6, 6.07) is 0. The van der Waals surface area contributed by atoms with Gasteiger partial charge < -0.3 is 4.74 Å². The van der Waals surface area contributed by atoms with E-state index >= 15 is 0 Å². The maximum absolute atomic E-state index is 11.0. The minimum absolute atomic E-state index is 0.0595. The number of methoxy groups -OCH3 is 1. The monoisotopic (exact) mass is 338 g/mol. The molecule has 0 aromatic carbocycles. The van der Waals surface area contributed by atoms with Gasteiger partial charge in [-0.05, 0) is 24.7 Å². The highest BCUT2D eigenvalue weighted by Gasteiger charge is 2.34. The van der Waals surface area contributed by atoms with Crippen LogP contribution in [0.25, 0.3) is 0 Å². The maximum atomic E-state index is 11.0. The van der Waals surface area contributed by atoms with Crippen molar-refractivity contribution >= 4 is 5.97 Å². The molecule has 2 heteroatoms. The van der Waals surface area contributed by atoms with Crippen molar-refractivity contribution in [1.82, 2.24) is 0 Å². The molecule has 0 heterocycles. The molecule has 0 N–H and O–H groups in total. The number of hydrogen-bond acceptors (Lipinski definition) is 2. The summed E-state index contributed by atoms with van der Waals surface area (Å²) in [5.41, 5.74) is 0. The highest BCUT2D eigenvalue weighted by atomic mass is 16.5. The molecule has 1 fully saturated rings. The minimum Gasteiger partial charge on any atom is -0.469 e. The van der Waals surface area contributed by atoms with Crippen molar-refractivity contribution in [2.45, 2.75) is 116 Å². The van der Waals surface area contributed by atoms with E-state index in [2.05, 4.69) is 11.7 Å². The summed E-state index contributed by atoms with van der Waals surface area (Å²) in [5.74, 6) is 2.10. The first-order chi connectivity index (χ1) is 11.8. The van der Waals surface area contributed by atoms with Gasteiger partial charge in [0.2, 0.25) is 0 Å². The van der Waals surface area contributed by atoms with E-state index in [0.717, 1.165) is 18.3 Å². The molecule has 1 saturated carbocycles. The zero-order valence-electron chi connectivity index (χ0n) is 16.5. The lowest BCUT2D eigenvalue weighted by Gasteiger charge is -2.03. The molecule has 0 aromatic rings. The second-order valence-electron chi connectivity index (χ2n) is 7.90. The van der Waals surface area contributed by atoms with Crippen LogP contribution >= 0.6 is 0 Å². The van der Waals surface area contributed by atoms with Crippen LogP contribution in [0.15, 0.2) is 0 Å². The van der Waals surface area contributed by atoms with Crippen molar-refractivity contribution in [2.75, 3.05) is 7.11 Å². The predicted octanol–water partition coefficient (Wildman–Crippen LogP) is 7.06. The number of esters is 1. The van der Waals surface area contributed by atoms with Crippen molar-refractivity contribution in [1.29, 1.82) is 0 Å². The molecule has 1 aliphatic rings. The van der Waals surface area contributed by atoms with Gasteiger partial charge >= 0.3 is 5.97 Å². The van der Waals surface area contributed by atoms with Crippen molar-refractivity contribution in [3.8, 4) is 0 Å². The lowest BCUT2D eigenvalue weighted by atomic mass is 10.0. The molecule has 2 atom stereocenters. The average Bonchev–Trinajstić information content (AvgIpc) is 3.34. The van der Waals surface area contributed by atoms with E-state index < -0.39 is 0 Å². The number of rotatable bonds is 17. The molecule has 0 radical (unpaired) electrons. The van der Waals surface area contributed by atoms with E-state index in [0.29, 0.717) is 6.42 Å². The first-order valence-electron chi connectivity index (χ1n) is 10.8. The highest BCUT2D eigenvalue weighted by Crippen LogP contribution is 2.45. The third-order valence-electron chi connectivity index (χ3n) is 5.68. The van der Waals surface area contributed by atoms with Crippen LogP contribution in [0, 0.1) is 11.8 Å². The van der Waals surface area contributed by atoms with E-state index in [1.807, 2.05) is 0 Å². The second kappa shape index (κ2) is 14.8. The zero-order chi connectivity index (χ0) is 17.5. The Hall–Kier alpha value is -0.530. The van der Waals surface area contributed by atoms with Gasteiger partial charge in [-0.2, -0.15) is 0 Å². The van der Waals surface area contributed by atoms with Crippen LogP contribution in [0.1, 0.15) is 116 Å². The number of carbonyl (C=O) groups excluding carboxylic acids is 1. The Bertz CT molecular complexity index is 300. The Morgan fingerprint density at radius 1 is 0.750 bits per heavy atom. The first-order valence-corrected chi connectivity index (χ1v) is 10.8. The highest BCUT2D eigenvalue weighted by molar-refractivity contribution is 5.68. The van der Waals surface area contributed by atoms with E-state index in [4.69, 9.17) is 0 Å². The summed E-state index contributed by atoms with van der Waals surface area (Å²) in [6.07, 6.45) is 22.8. The van der Waals surface area contributed by atoms with E-state index in [1.165, 1.54) is 103 Å². The number of ether oxygens (including phenoxy) is 1. The van der Waals surface area contributed by atoms with Crippen molar-refractivity contribution in [3.63, 3.8) is 0 Å². The molecular weight excluding hydrogens is 296 g/mol. The second-order valence-corrected chi connectivity index (χ2v) is 7.90. The molecule has 0 aliphatic heterocycles. The van der Waals surface area contributed by atoms with Gasteiger partial charge in [0.15, 0.2) is 0 Å². The van der Waals surface area contributed by atoms with Gasteiger partial charge in [0, 0.05) is 6.42 Å².